The smallest absolute Gasteiger partial charge is 0.161 e. The van der Waals surface area contributed by atoms with E-state index in [0.29, 0.717) is 42.8 Å². The van der Waals surface area contributed by atoms with Crippen LogP contribution in [0.4, 0.5) is 0 Å². The van der Waals surface area contributed by atoms with Gasteiger partial charge in [-0.25, -0.2) is 0 Å². The van der Waals surface area contributed by atoms with E-state index in [0.717, 1.165) is 6.42 Å². The molecule has 106 valence electrons. The van der Waals surface area contributed by atoms with E-state index in [1.165, 1.54) is 6.92 Å². The van der Waals surface area contributed by atoms with Crippen molar-refractivity contribution in [3.8, 4) is 5.75 Å². The van der Waals surface area contributed by atoms with Crippen LogP contribution in [-0.2, 0) is 9.47 Å². The van der Waals surface area contributed by atoms with E-state index in [4.69, 9.17) is 25.8 Å². The zero-order valence-corrected chi connectivity index (χ0v) is 12.0. The van der Waals surface area contributed by atoms with E-state index in [-0.39, 0.29) is 5.78 Å². The van der Waals surface area contributed by atoms with Crippen molar-refractivity contribution >= 4 is 17.4 Å². The standard InChI is InChI=1S/C14H19ClO4/c1-11(16)13-5-4-12(10-14(13)15)19-7-3-6-18-9-8-17-2/h4-5,10H,3,6-9H2,1-2H3. The first-order valence-corrected chi connectivity index (χ1v) is 6.53. The summed E-state index contributed by atoms with van der Waals surface area (Å²) in [4.78, 5) is 11.2. The third-order valence-electron chi connectivity index (χ3n) is 2.45. The molecule has 1 aromatic rings. The molecule has 5 heteroatoms. The number of rotatable bonds is 9. The molecule has 0 heterocycles. The van der Waals surface area contributed by atoms with Gasteiger partial charge in [0.15, 0.2) is 5.78 Å². The van der Waals surface area contributed by atoms with Crippen LogP contribution < -0.4 is 4.74 Å². The van der Waals surface area contributed by atoms with E-state index in [9.17, 15) is 4.79 Å². The van der Waals surface area contributed by atoms with Gasteiger partial charge in [-0.3, -0.25) is 4.79 Å². The van der Waals surface area contributed by atoms with Gasteiger partial charge in [-0.15, -0.1) is 0 Å². The minimum Gasteiger partial charge on any atom is -0.493 e. The minimum absolute atomic E-state index is 0.0527. The first-order chi connectivity index (χ1) is 9.15. The van der Waals surface area contributed by atoms with Crippen LogP contribution in [0.3, 0.4) is 0 Å². The SMILES string of the molecule is COCCOCCCOc1ccc(C(C)=O)c(Cl)c1. The third-order valence-corrected chi connectivity index (χ3v) is 2.77. The lowest BCUT2D eigenvalue weighted by molar-refractivity contribution is 0.0644. The second kappa shape index (κ2) is 8.91. The molecule has 0 aliphatic rings. The van der Waals surface area contributed by atoms with Crippen LogP contribution in [0.5, 0.6) is 5.75 Å². The predicted octanol–water partition coefficient (Wildman–Crippen LogP) is 2.97. The largest absolute Gasteiger partial charge is 0.493 e. The van der Waals surface area contributed by atoms with E-state index >= 15 is 0 Å². The Morgan fingerprint density at radius 1 is 1.21 bits per heavy atom. The summed E-state index contributed by atoms with van der Waals surface area (Å²) >= 11 is 5.98. The molecule has 0 atom stereocenters. The van der Waals surface area contributed by atoms with Crippen LogP contribution in [0.1, 0.15) is 23.7 Å². The molecule has 0 aromatic heterocycles. The first kappa shape index (κ1) is 16.0. The lowest BCUT2D eigenvalue weighted by Crippen LogP contribution is -2.07. The summed E-state index contributed by atoms with van der Waals surface area (Å²) in [6.45, 7) is 3.85. The molecule has 0 N–H and O–H groups in total. The van der Waals surface area contributed by atoms with Gasteiger partial charge in [-0.05, 0) is 25.1 Å². The Kier molecular flexibility index (Phi) is 7.48. The third kappa shape index (κ3) is 6.05. The second-order valence-electron chi connectivity index (χ2n) is 4.01. The minimum atomic E-state index is -0.0527. The molecule has 4 nitrogen and oxygen atoms in total. The number of hydrogen-bond acceptors (Lipinski definition) is 4. The van der Waals surface area contributed by atoms with Crippen LogP contribution in [-0.4, -0.2) is 39.3 Å². The molecular formula is C14H19ClO4. The maximum atomic E-state index is 11.2. The fraction of sp³-hybridized carbons (Fsp3) is 0.500. The Morgan fingerprint density at radius 3 is 2.63 bits per heavy atom. The summed E-state index contributed by atoms with van der Waals surface area (Å²) in [5, 5.41) is 0.418. The molecular weight excluding hydrogens is 268 g/mol. The monoisotopic (exact) mass is 286 g/mol. The fourth-order valence-electron chi connectivity index (χ4n) is 1.47. The number of hydrogen-bond donors (Lipinski definition) is 0. The zero-order valence-electron chi connectivity index (χ0n) is 11.3. The fourth-order valence-corrected chi connectivity index (χ4v) is 1.77. The van der Waals surface area contributed by atoms with E-state index < -0.39 is 0 Å². The highest BCUT2D eigenvalue weighted by molar-refractivity contribution is 6.34. The maximum absolute atomic E-state index is 11.2. The lowest BCUT2D eigenvalue weighted by Gasteiger charge is -2.08. The molecule has 19 heavy (non-hydrogen) atoms. The normalized spacial score (nSPS) is 10.5. The molecule has 0 radical (unpaired) electrons. The van der Waals surface area contributed by atoms with Crippen LogP contribution in [0, 0.1) is 0 Å². The summed E-state index contributed by atoms with van der Waals surface area (Å²) in [6, 6.07) is 5.08. The van der Waals surface area contributed by atoms with Gasteiger partial charge in [-0.1, -0.05) is 11.6 Å². The van der Waals surface area contributed by atoms with Crippen LogP contribution in [0.15, 0.2) is 18.2 Å². The van der Waals surface area contributed by atoms with Crippen molar-refractivity contribution in [2.75, 3.05) is 33.5 Å². The number of Topliss-reactive ketones (excluding diaryl/α,β-unsaturated/α-hetero) is 1. The van der Waals surface area contributed by atoms with Gasteiger partial charge in [0.2, 0.25) is 0 Å². The van der Waals surface area contributed by atoms with Crippen molar-refractivity contribution < 1.29 is 19.0 Å². The Labute approximate surface area is 118 Å². The number of carbonyl (C=O) groups is 1. The molecule has 0 saturated carbocycles. The quantitative estimate of drug-likeness (QED) is 0.517. The number of methoxy groups -OCH3 is 1. The van der Waals surface area contributed by atoms with Crippen LogP contribution >= 0.6 is 11.6 Å². The van der Waals surface area contributed by atoms with Crippen LogP contribution in [0.25, 0.3) is 0 Å². The first-order valence-electron chi connectivity index (χ1n) is 6.15. The summed E-state index contributed by atoms with van der Waals surface area (Å²) in [5.41, 5.74) is 0.511. The van der Waals surface area contributed by atoms with Crippen molar-refractivity contribution in [3.63, 3.8) is 0 Å². The number of ketones is 1. The van der Waals surface area contributed by atoms with Gasteiger partial charge in [-0.2, -0.15) is 0 Å². The number of halogens is 1. The molecule has 0 saturated heterocycles. The lowest BCUT2D eigenvalue weighted by atomic mass is 10.1. The molecule has 1 rings (SSSR count). The number of carbonyl (C=O) groups excluding carboxylic acids is 1. The maximum Gasteiger partial charge on any atom is 0.161 e. The molecule has 0 amide bonds. The Bertz CT molecular complexity index is 406. The average Bonchev–Trinajstić information content (AvgIpc) is 2.37. The number of benzene rings is 1. The highest BCUT2D eigenvalue weighted by Crippen LogP contribution is 2.23. The zero-order chi connectivity index (χ0) is 14.1. The van der Waals surface area contributed by atoms with Gasteiger partial charge >= 0.3 is 0 Å². The molecule has 0 spiro atoms. The van der Waals surface area contributed by atoms with Crippen molar-refractivity contribution in [1.29, 1.82) is 0 Å². The molecule has 0 aliphatic carbocycles. The van der Waals surface area contributed by atoms with Crippen molar-refractivity contribution in [2.45, 2.75) is 13.3 Å². The summed E-state index contributed by atoms with van der Waals surface area (Å²) in [7, 11) is 1.64. The topological polar surface area (TPSA) is 44.8 Å². The van der Waals surface area contributed by atoms with E-state index in [1.807, 2.05) is 0 Å². The average molecular weight is 287 g/mol. The van der Waals surface area contributed by atoms with Crippen molar-refractivity contribution in [3.05, 3.63) is 28.8 Å². The van der Waals surface area contributed by atoms with Gasteiger partial charge in [0.1, 0.15) is 5.75 Å². The number of ether oxygens (including phenoxy) is 3. The van der Waals surface area contributed by atoms with Crippen LogP contribution in [0.2, 0.25) is 5.02 Å². The molecule has 0 fully saturated rings. The summed E-state index contributed by atoms with van der Waals surface area (Å²) in [5.74, 6) is 0.606. The molecule has 0 aliphatic heterocycles. The second-order valence-corrected chi connectivity index (χ2v) is 4.41. The van der Waals surface area contributed by atoms with Gasteiger partial charge in [0.05, 0.1) is 24.8 Å². The molecule has 1 aromatic carbocycles. The Hall–Kier alpha value is -1.10. The molecule has 0 bridgehead atoms. The summed E-state index contributed by atoms with van der Waals surface area (Å²) in [6.07, 6.45) is 0.787. The highest BCUT2D eigenvalue weighted by Gasteiger charge is 2.06. The van der Waals surface area contributed by atoms with Gasteiger partial charge in [0, 0.05) is 25.7 Å². The van der Waals surface area contributed by atoms with E-state index in [1.54, 1.807) is 25.3 Å². The van der Waals surface area contributed by atoms with Crippen molar-refractivity contribution in [1.82, 2.24) is 0 Å². The summed E-state index contributed by atoms with van der Waals surface area (Å²) < 4.78 is 15.7. The highest BCUT2D eigenvalue weighted by atomic mass is 35.5. The van der Waals surface area contributed by atoms with Gasteiger partial charge < -0.3 is 14.2 Å². The Morgan fingerprint density at radius 2 is 2.00 bits per heavy atom. The van der Waals surface area contributed by atoms with Crippen molar-refractivity contribution in [2.24, 2.45) is 0 Å². The van der Waals surface area contributed by atoms with E-state index in [2.05, 4.69) is 0 Å². The molecule has 0 unspecified atom stereocenters. The van der Waals surface area contributed by atoms with Gasteiger partial charge in [0.25, 0.3) is 0 Å². The predicted molar refractivity (Wildman–Crippen MR) is 74.3 cm³/mol. The Balaban J connectivity index is 2.26.